The van der Waals surface area contributed by atoms with E-state index in [-0.39, 0.29) is 11.4 Å². The van der Waals surface area contributed by atoms with E-state index in [1.54, 1.807) is 6.07 Å². The fourth-order valence-electron chi connectivity index (χ4n) is 1.34. The molecule has 0 aliphatic rings. The summed E-state index contributed by atoms with van der Waals surface area (Å²) in [5.74, 6) is 0.149. The van der Waals surface area contributed by atoms with E-state index >= 15 is 0 Å². The second-order valence-electron chi connectivity index (χ2n) is 3.35. The highest BCUT2D eigenvalue weighted by Crippen LogP contribution is 2.28. The maximum Gasteiger partial charge on any atom is 0.238 e. The van der Waals surface area contributed by atoms with Gasteiger partial charge in [0.15, 0.2) is 5.76 Å². The Kier molecular flexibility index (Phi) is 3.56. The SMILES string of the molecule is O=S(=O)(Cl)Cc1cc(-c2ccccc2Br)on1. The first-order chi connectivity index (χ1) is 7.96. The second kappa shape index (κ2) is 4.80. The highest BCUT2D eigenvalue weighted by Gasteiger charge is 2.14. The minimum atomic E-state index is -3.62. The predicted octanol–water partition coefficient (Wildman–Crippen LogP) is 3.17. The molecule has 0 radical (unpaired) electrons. The molecule has 7 heteroatoms. The molecule has 0 amide bonds. The Balaban J connectivity index is 2.34. The summed E-state index contributed by atoms with van der Waals surface area (Å²) >= 11 is 3.37. The fraction of sp³-hybridized carbons (Fsp3) is 0.100. The predicted molar refractivity (Wildman–Crippen MR) is 68.1 cm³/mol. The van der Waals surface area contributed by atoms with Crippen LogP contribution in [0.5, 0.6) is 0 Å². The lowest BCUT2D eigenvalue weighted by molar-refractivity contribution is 0.425. The molecule has 1 heterocycles. The number of nitrogens with zero attached hydrogens (tertiary/aromatic N) is 1. The van der Waals surface area contributed by atoms with Crippen LogP contribution in [0.2, 0.25) is 0 Å². The van der Waals surface area contributed by atoms with Crippen molar-refractivity contribution in [3.8, 4) is 11.3 Å². The maximum atomic E-state index is 10.9. The molecule has 0 saturated carbocycles. The average Bonchev–Trinajstić information content (AvgIpc) is 2.64. The summed E-state index contributed by atoms with van der Waals surface area (Å²) in [6.07, 6.45) is 0. The van der Waals surface area contributed by atoms with Gasteiger partial charge in [0.2, 0.25) is 9.05 Å². The molecule has 90 valence electrons. The number of halogens is 2. The molecule has 1 aromatic carbocycles. The minimum absolute atomic E-state index is 0.283. The van der Waals surface area contributed by atoms with Gasteiger partial charge < -0.3 is 4.52 Å². The molecule has 0 aliphatic carbocycles. The lowest BCUT2D eigenvalue weighted by atomic mass is 10.2. The van der Waals surface area contributed by atoms with Crippen molar-refractivity contribution >= 4 is 35.7 Å². The highest BCUT2D eigenvalue weighted by molar-refractivity contribution is 9.10. The molecule has 2 aromatic rings. The number of hydrogen-bond donors (Lipinski definition) is 0. The van der Waals surface area contributed by atoms with Gasteiger partial charge in [0.25, 0.3) is 0 Å². The molecule has 0 saturated heterocycles. The lowest BCUT2D eigenvalue weighted by Crippen LogP contribution is -1.94. The van der Waals surface area contributed by atoms with Crippen LogP contribution in [0.1, 0.15) is 5.69 Å². The first-order valence-electron chi connectivity index (χ1n) is 4.58. The third kappa shape index (κ3) is 3.31. The molecule has 0 bridgehead atoms. The number of hydrogen-bond acceptors (Lipinski definition) is 4. The topological polar surface area (TPSA) is 60.2 Å². The van der Waals surface area contributed by atoms with Crippen molar-refractivity contribution in [3.63, 3.8) is 0 Å². The smallest absolute Gasteiger partial charge is 0.238 e. The molecule has 0 N–H and O–H groups in total. The van der Waals surface area contributed by atoms with Crippen molar-refractivity contribution in [1.29, 1.82) is 0 Å². The number of benzene rings is 1. The van der Waals surface area contributed by atoms with Gasteiger partial charge in [-0.05, 0) is 12.1 Å². The average molecular weight is 337 g/mol. The summed E-state index contributed by atoms with van der Waals surface area (Å²) in [4.78, 5) is 0. The molecule has 0 atom stereocenters. The third-order valence-corrected chi connectivity index (χ3v) is 3.68. The van der Waals surface area contributed by atoms with E-state index in [0.29, 0.717) is 5.76 Å². The monoisotopic (exact) mass is 335 g/mol. The van der Waals surface area contributed by atoms with Crippen LogP contribution in [0.15, 0.2) is 39.3 Å². The molecule has 17 heavy (non-hydrogen) atoms. The van der Waals surface area contributed by atoms with E-state index < -0.39 is 9.05 Å². The summed E-state index contributed by atoms with van der Waals surface area (Å²) in [6, 6.07) is 8.97. The molecule has 0 aliphatic heterocycles. The molecular weight excluding hydrogens is 330 g/mol. The van der Waals surface area contributed by atoms with Crippen molar-refractivity contribution in [2.24, 2.45) is 0 Å². The number of rotatable bonds is 3. The van der Waals surface area contributed by atoms with E-state index in [4.69, 9.17) is 15.2 Å². The van der Waals surface area contributed by atoms with Gasteiger partial charge in [0, 0.05) is 26.8 Å². The van der Waals surface area contributed by atoms with Crippen molar-refractivity contribution in [2.45, 2.75) is 5.75 Å². The van der Waals surface area contributed by atoms with Gasteiger partial charge in [0.05, 0.1) is 0 Å². The molecule has 0 spiro atoms. The first kappa shape index (κ1) is 12.6. The summed E-state index contributed by atoms with van der Waals surface area (Å²) in [5, 5.41) is 3.66. The Morgan fingerprint density at radius 2 is 2.06 bits per heavy atom. The van der Waals surface area contributed by atoms with Crippen LogP contribution in [-0.4, -0.2) is 13.6 Å². The standard InChI is InChI=1S/C10H7BrClNO3S/c11-9-4-2-1-3-8(9)10-5-7(13-16-10)6-17(12,14)15/h1-5H,6H2. The van der Waals surface area contributed by atoms with E-state index in [1.807, 2.05) is 24.3 Å². The van der Waals surface area contributed by atoms with E-state index in [2.05, 4.69) is 21.1 Å². The fourth-order valence-corrected chi connectivity index (χ4v) is 2.65. The normalized spacial score (nSPS) is 11.6. The quantitative estimate of drug-likeness (QED) is 0.808. The van der Waals surface area contributed by atoms with Gasteiger partial charge in [-0.25, -0.2) is 8.42 Å². The Labute approximate surface area is 111 Å². The zero-order valence-corrected chi connectivity index (χ0v) is 11.6. The van der Waals surface area contributed by atoms with E-state index in [0.717, 1.165) is 10.0 Å². The van der Waals surface area contributed by atoms with Crippen LogP contribution in [0.3, 0.4) is 0 Å². The van der Waals surface area contributed by atoms with Crippen molar-refractivity contribution < 1.29 is 12.9 Å². The molecule has 1 aromatic heterocycles. The molecule has 4 nitrogen and oxygen atoms in total. The minimum Gasteiger partial charge on any atom is -0.356 e. The molecular formula is C10H7BrClNO3S. The van der Waals surface area contributed by atoms with Crippen molar-refractivity contribution in [2.75, 3.05) is 0 Å². The van der Waals surface area contributed by atoms with Crippen molar-refractivity contribution in [3.05, 3.63) is 40.5 Å². The van der Waals surface area contributed by atoms with E-state index in [1.165, 1.54) is 0 Å². The van der Waals surface area contributed by atoms with Crippen LogP contribution in [0, 0.1) is 0 Å². The molecule has 0 unspecified atom stereocenters. The Morgan fingerprint density at radius 1 is 1.35 bits per heavy atom. The Hall–Kier alpha value is -0.850. The third-order valence-electron chi connectivity index (χ3n) is 2.02. The molecule has 2 rings (SSSR count). The van der Waals surface area contributed by atoms with Gasteiger partial charge in [-0.2, -0.15) is 0 Å². The number of aromatic nitrogens is 1. The van der Waals surface area contributed by atoms with Crippen LogP contribution in [0.4, 0.5) is 0 Å². The highest BCUT2D eigenvalue weighted by atomic mass is 79.9. The Morgan fingerprint density at radius 3 is 2.71 bits per heavy atom. The van der Waals surface area contributed by atoms with Gasteiger partial charge in [-0.1, -0.05) is 33.2 Å². The zero-order chi connectivity index (χ0) is 12.5. The zero-order valence-electron chi connectivity index (χ0n) is 8.43. The second-order valence-corrected chi connectivity index (χ2v) is 6.98. The molecule has 0 fully saturated rings. The van der Waals surface area contributed by atoms with Crippen LogP contribution >= 0.6 is 26.6 Å². The van der Waals surface area contributed by atoms with Gasteiger partial charge in [-0.3, -0.25) is 0 Å². The summed E-state index contributed by atoms with van der Waals surface area (Å²) in [7, 11) is 1.52. The van der Waals surface area contributed by atoms with Crippen LogP contribution < -0.4 is 0 Å². The first-order valence-corrected chi connectivity index (χ1v) is 7.86. The van der Waals surface area contributed by atoms with Gasteiger partial charge in [0.1, 0.15) is 11.4 Å². The largest absolute Gasteiger partial charge is 0.356 e. The van der Waals surface area contributed by atoms with Crippen molar-refractivity contribution in [1.82, 2.24) is 5.16 Å². The van der Waals surface area contributed by atoms with E-state index in [9.17, 15) is 8.42 Å². The Bertz CT molecular complexity index is 639. The van der Waals surface area contributed by atoms with Crippen LogP contribution in [0.25, 0.3) is 11.3 Å². The van der Waals surface area contributed by atoms with Crippen LogP contribution in [-0.2, 0) is 14.8 Å². The summed E-state index contributed by atoms with van der Waals surface area (Å²) < 4.78 is 27.7. The lowest BCUT2D eigenvalue weighted by Gasteiger charge is -1.97. The summed E-state index contributed by atoms with van der Waals surface area (Å²) in [6.45, 7) is 0. The van der Waals surface area contributed by atoms with Gasteiger partial charge in [-0.15, -0.1) is 0 Å². The maximum absolute atomic E-state index is 10.9. The summed E-state index contributed by atoms with van der Waals surface area (Å²) in [5.41, 5.74) is 1.09. The van der Waals surface area contributed by atoms with Gasteiger partial charge >= 0.3 is 0 Å².